The maximum atomic E-state index is 12.1. The third-order valence-electron chi connectivity index (χ3n) is 2.78. The SMILES string of the molecule is CC(C)(C)NC(=O)/C(C#N)=C\N(CCO)Cc1ccccc1. The van der Waals surface area contributed by atoms with Crippen LogP contribution in [-0.2, 0) is 11.3 Å². The highest BCUT2D eigenvalue weighted by Gasteiger charge is 2.18. The Bertz CT molecular complexity index is 554. The minimum Gasteiger partial charge on any atom is -0.395 e. The molecule has 1 aromatic rings. The molecule has 0 unspecified atom stereocenters. The molecule has 118 valence electrons. The first-order valence-electron chi connectivity index (χ1n) is 7.19. The molecule has 0 atom stereocenters. The van der Waals surface area contributed by atoms with E-state index in [9.17, 15) is 15.2 Å². The zero-order valence-corrected chi connectivity index (χ0v) is 13.3. The van der Waals surface area contributed by atoms with Gasteiger partial charge in [-0.3, -0.25) is 4.79 Å². The first-order chi connectivity index (χ1) is 10.4. The van der Waals surface area contributed by atoms with Crippen LogP contribution in [0.1, 0.15) is 26.3 Å². The fourth-order valence-corrected chi connectivity index (χ4v) is 1.86. The lowest BCUT2D eigenvalue weighted by molar-refractivity contribution is -0.118. The fourth-order valence-electron chi connectivity index (χ4n) is 1.86. The quantitative estimate of drug-likeness (QED) is 0.620. The Morgan fingerprint density at radius 3 is 2.50 bits per heavy atom. The zero-order valence-electron chi connectivity index (χ0n) is 13.3. The molecule has 22 heavy (non-hydrogen) atoms. The van der Waals surface area contributed by atoms with Crippen molar-refractivity contribution in [2.45, 2.75) is 32.9 Å². The molecule has 0 spiro atoms. The van der Waals surface area contributed by atoms with Gasteiger partial charge < -0.3 is 15.3 Å². The largest absolute Gasteiger partial charge is 0.395 e. The van der Waals surface area contributed by atoms with E-state index in [1.54, 1.807) is 4.90 Å². The minimum atomic E-state index is -0.411. The van der Waals surface area contributed by atoms with Crippen molar-refractivity contribution < 1.29 is 9.90 Å². The van der Waals surface area contributed by atoms with E-state index >= 15 is 0 Å². The molecule has 0 aromatic heterocycles. The maximum absolute atomic E-state index is 12.1. The number of aliphatic hydroxyl groups excluding tert-OH is 1. The molecule has 1 aromatic carbocycles. The molecule has 0 aliphatic rings. The molecule has 0 aliphatic heterocycles. The lowest BCUT2D eigenvalue weighted by Crippen LogP contribution is -2.41. The van der Waals surface area contributed by atoms with Gasteiger partial charge in [-0.25, -0.2) is 0 Å². The van der Waals surface area contributed by atoms with E-state index in [1.807, 2.05) is 57.2 Å². The number of nitrogens with one attached hydrogen (secondary N) is 1. The van der Waals surface area contributed by atoms with Crippen molar-refractivity contribution in [3.63, 3.8) is 0 Å². The summed E-state index contributed by atoms with van der Waals surface area (Å²) in [6.45, 7) is 6.39. The summed E-state index contributed by atoms with van der Waals surface area (Å²) >= 11 is 0. The van der Waals surface area contributed by atoms with Crippen LogP contribution >= 0.6 is 0 Å². The van der Waals surface area contributed by atoms with Crippen molar-refractivity contribution in [1.29, 1.82) is 5.26 Å². The van der Waals surface area contributed by atoms with Gasteiger partial charge in [0, 0.05) is 24.8 Å². The van der Waals surface area contributed by atoms with Crippen LogP contribution in [0.3, 0.4) is 0 Å². The summed E-state index contributed by atoms with van der Waals surface area (Å²) in [5.41, 5.74) is 0.661. The lowest BCUT2D eigenvalue weighted by atomic mass is 10.1. The summed E-state index contributed by atoms with van der Waals surface area (Å²) < 4.78 is 0. The Kier molecular flexibility index (Phi) is 6.61. The number of carbonyl (C=O) groups excluding carboxylic acids is 1. The molecule has 0 saturated carbocycles. The molecular formula is C17H23N3O2. The second-order valence-corrected chi connectivity index (χ2v) is 6.04. The molecule has 0 fully saturated rings. The third-order valence-corrected chi connectivity index (χ3v) is 2.78. The summed E-state index contributed by atoms with van der Waals surface area (Å²) in [5, 5.41) is 21.1. The van der Waals surface area contributed by atoms with Crippen molar-refractivity contribution in [2.24, 2.45) is 0 Å². The summed E-state index contributed by atoms with van der Waals surface area (Å²) in [5.74, 6) is -0.411. The van der Waals surface area contributed by atoms with Crippen LogP contribution in [0.15, 0.2) is 42.1 Å². The first-order valence-corrected chi connectivity index (χ1v) is 7.19. The van der Waals surface area contributed by atoms with Crippen LogP contribution in [0.5, 0.6) is 0 Å². The van der Waals surface area contributed by atoms with Gasteiger partial charge in [-0.15, -0.1) is 0 Å². The average molecular weight is 301 g/mol. The van der Waals surface area contributed by atoms with Gasteiger partial charge in [-0.2, -0.15) is 5.26 Å². The molecule has 0 radical (unpaired) electrons. The van der Waals surface area contributed by atoms with Crippen LogP contribution in [0, 0.1) is 11.3 Å². The molecule has 0 aliphatic carbocycles. The monoisotopic (exact) mass is 301 g/mol. The second kappa shape index (κ2) is 8.20. The van der Waals surface area contributed by atoms with Crippen molar-refractivity contribution >= 4 is 5.91 Å². The number of nitrogens with zero attached hydrogens (tertiary/aromatic N) is 2. The number of benzene rings is 1. The highest BCUT2D eigenvalue weighted by Crippen LogP contribution is 2.08. The van der Waals surface area contributed by atoms with Crippen molar-refractivity contribution in [1.82, 2.24) is 10.2 Å². The highest BCUT2D eigenvalue weighted by molar-refractivity contribution is 5.97. The fraction of sp³-hybridized carbons (Fsp3) is 0.412. The van der Waals surface area contributed by atoms with Crippen LogP contribution < -0.4 is 5.32 Å². The molecule has 1 rings (SSSR count). The summed E-state index contributed by atoms with van der Waals surface area (Å²) in [6.07, 6.45) is 1.50. The van der Waals surface area contributed by atoms with E-state index in [1.165, 1.54) is 6.20 Å². The lowest BCUT2D eigenvalue weighted by Gasteiger charge is -2.22. The first kappa shape index (κ1) is 17.7. The van der Waals surface area contributed by atoms with Gasteiger partial charge in [0.05, 0.1) is 6.61 Å². The number of amides is 1. The number of rotatable bonds is 6. The van der Waals surface area contributed by atoms with Gasteiger partial charge in [0.25, 0.3) is 5.91 Å². The smallest absolute Gasteiger partial charge is 0.263 e. The molecular weight excluding hydrogens is 278 g/mol. The summed E-state index contributed by atoms with van der Waals surface area (Å²) in [7, 11) is 0. The Morgan fingerprint density at radius 1 is 1.36 bits per heavy atom. The Balaban J connectivity index is 2.89. The summed E-state index contributed by atoms with van der Waals surface area (Å²) in [4.78, 5) is 13.9. The minimum absolute atomic E-state index is 0.0271. The molecule has 5 nitrogen and oxygen atoms in total. The van der Waals surface area contributed by atoms with E-state index in [2.05, 4.69) is 5.32 Å². The van der Waals surface area contributed by atoms with Crippen LogP contribution in [0.2, 0.25) is 0 Å². The molecule has 0 saturated heterocycles. The number of aliphatic hydroxyl groups is 1. The number of hydrogen-bond donors (Lipinski definition) is 2. The van der Waals surface area contributed by atoms with Crippen LogP contribution in [-0.4, -0.2) is 34.6 Å². The van der Waals surface area contributed by atoms with Crippen molar-refractivity contribution in [3.05, 3.63) is 47.7 Å². The topological polar surface area (TPSA) is 76.4 Å². The average Bonchev–Trinajstić information content (AvgIpc) is 2.44. The van der Waals surface area contributed by atoms with Crippen LogP contribution in [0.25, 0.3) is 0 Å². The highest BCUT2D eigenvalue weighted by atomic mass is 16.3. The van der Waals surface area contributed by atoms with Gasteiger partial charge in [-0.05, 0) is 26.3 Å². The zero-order chi connectivity index (χ0) is 16.6. The van der Waals surface area contributed by atoms with Crippen molar-refractivity contribution in [3.8, 4) is 6.07 Å². The van der Waals surface area contributed by atoms with Crippen LogP contribution in [0.4, 0.5) is 0 Å². The van der Waals surface area contributed by atoms with E-state index in [0.717, 1.165) is 5.56 Å². The van der Waals surface area contributed by atoms with E-state index in [4.69, 9.17) is 0 Å². The number of hydrogen-bond acceptors (Lipinski definition) is 4. The van der Waals surface area contributed by atoms with E-state index in [-0.39, 0.29) is 12.2 Å². The number of nitriles is 1. The predicted octanol–water partition coefficient (Wildman–Crippen LogP) is 1.80. The normalized spacial score (nSPS) is 11.7. The summed E-state index contributed by atoms with van der Waals surface area (Å²) in [6, 6.07) is 11.6. The van der Waals surface area contributed by atoms with Crippen molar-refractivity contribution in [2.75, 3.05) is 13.2 Å². The predicted molar refractivity (Wildman–Crippen MR) is 85.5 cm³/mol. The van der Waals surface area contributed by atoms with Gasteiger partial charge >= 0.3 is 0 Å². The second-order valence-electron chi connectivity index (χ2n) is 6.04. The Hall–Kier alpha value is -2.32. The van der Waals surface area contributed by atoms with Gasteiger partial charge in [0.1, 0.15) is 11.6 Å². The van der Waals surface area contributed by atoms with Gasteiger partial charge in [0.2, 0.25) is 0 Å². The van der Waals surface area contributed by atoms with Gasteiger partial charge in [-0.1, -0.05) is 30.3 Å². The van der Waals surface area contributed by atoms with Gasteiger partial charge in [0.15, 0.2) is 0 Å². The van der Waals surface area contributed by atoms with E-state index < -0.39 is 11.4 Å². The Labute approximate surface area is 131 Å². The van der Waals surface area contributed by atoms with E-state index in [0.29, 0.717) is 13.1 Å². The third kappa shape index (κ3) is 6.42. The molecule has 5 heteroatoms. The molecule has 0 heterocycles. The molecule has 1 amide bonds. The molecule has 2 N–H and O–H groups in total. The maximum Gasteiger partial charge on any atom is 0.263 e. The molecule has 0 bridgehead atoms. The number of carbonyl (C=O) groups is 1. The standard InChI is InChI=1S/C17H23N3O2/c1-17(2,3)19-16(22)15(11-18)13-20(9-10-21)12-14-7-5-4-6-8-14/h4-8,13,21H,9-10,12H2,1-3H3,(H,19,22)/b15-13-. The Morgan fingerprint density at radius 2 is 2.00 bits per heavy atom.